The van der Waals surface area contributed by atoms with Crippen molar-refractivity contribution in [3.63, 3.8) is 0 Å². The second-order valence-electron chi connectivity index (χ2n) is 6.02. The predicted molar refractivity (Wildman–Crippen MR) is 89.8 cm³/mol. The molecule has 0 bridgehead atoms. The van der Waals surface area contributed by atoms with Crippen LogP contribution in [0.2, 0.25) is 0 Å². The molecule has 2 aromatic carbocycles. The van der Waals surface area contributed by atoms with Crippen LogP contribution in [0.4, 0.5) is 5.69 Å². The second kappa shape index (κ2) is 6.65. The van der Waals surface area contributed by atoms with E-state index in [0.717, 1.165) is 25.7 Å². The van der Waals surface area contributed by atoms with E-state index in [-0.39, 0.29) is 11.9 Å². The first-order chi connectivity index (χ1) is 10.7. The molecule has 3 nitrogen and oxygen atoms in total. The lowest BCUT2D eigenvalue weighted by molar-refractivity contribution is 0.0926. The Morgan fingerprint density at radius 1 is 0.909 bits per heavy atom. The predicted octanol–water partition coefficient (Wildman–Crippen LogP) is 3.73. The monoisotopic (exact) mass is 294 g/mol. The molecular formula is C19H22N2O. The maximum Gasteiger partial charge on any atom is 0.253 e. The second-order valence-corrected chi connectivity index (χ2v) is 6.02. The average molecular weight is 294 g/mol. The lowest BCUT2D eigenvalue weighted by Gasteiger charge is -2.29. The molecule has 0 atom stereocenters. The highest BCUT2D eigenvalue weighted by Gasteiger charge is 2.24. The van der Waals surface area contributed by atoms with Crippen molar-refractivity contribution >= 4 is 11.6 Å². The summed E-state index contributed by atoms with van der Waals surface area (Å²) in [6.07, 6.45) is 4.30. The van der Waals surface area contributed by atoms with Crippen molar-refractivity contribution in [2.45, 2.75) is 37.6 Å². The van der Waals surface area contributed by atoms with Gasteiger partial charge in [0.15, 0.2) is 0 Å². The van der Waals surface area contributed by atoms with Gasteiger partial charge >= 0.3 is 0 Å². The van der Waals surface area contributed by atoms with Gasteiger partial charge in [-0.1, -0.05) is 42.5 Å². The van der Waals surface area contributed by atoms with Gasteiger partial charge in [-0.15, -0.1) is 0 Å². The van der Waals surface area contributed by atoms with Gasteiger partial charge in [-0.05, 0) is 49.3 Å². The van der Waals surface area contributed by atoms with Gasteiger partial charge in [-0.25, -0.2) is 0 Å². The SMILES string of the molecule is Nc1ccccc1C(=O)NC1CCC(c2ccccc2)CC1. The van der Waals surface area contributed by atoms with Crippen LogP contribution in [-0.4, -0.2) is 11.9 Å². The topological polar surface area (TPSA) is 55.1 Å². The van der Waals surface area contributed by atoms with Gasteiger partial charge in [-0.3, -0.25) is 4.79 Å². The largest absolute Gasteiger partial charge is 0.398 e. The Labute approximate surface area is 131 Å². The van der Waals surface area contributed by atoms with Crippen molar-refractivity contribution < 1.29 is 4.79 Å². The number of nitrogens with one attached hydrogen (secondary N) is 1. The highest BCUT2D eigenvalue weighted by molar-refractivity contribution is 5.99. The fourth-order valence-corrected chi connectivity index (χ4v) is 3.26. The fraction of sp³-hybridized carbons (Fsp3) is 0.316. The van der Waals surface area contributed by atoms with E-state index in [4.69, 9.17) is 5.73 Å². The molecule has 114 valence electrons. The van der Waals surface area contributed by atoms with Crippen LogP contribution in [0.25, 0.3) is 0 Å². The summed E-state index contributed by atoms with van der Waals surface area (Å²) in [5, 5.41) is 3.13. The Morgan fingerprint density at radius 2 is 1.55 bits per heavy atom. The number of carbonyl (C=O) groups is 1. The molecule has 2 aromatic rings. The summed E-state index contributed by atoms with van der Waals surface area (Å²) in [4.78, 5) is 12.3. The van der Waals surface area contributed by atoms with E-state index in [9.17, 15) is 4.79 Å². The summed E-state index contributed by atoms with van der Waals surface area (Å²) in [5.74, 6) is 0.567. The summed E-state index contributed by atoms with van der Waals surface area (Å²) >= 11 is 0. The smallest absolute Gasteiger partial charge is 0.253 e. The number of amides is 1. The molecule has 3 N–H and O–H groups in total. The molecule has 1 fully saturated rings. The van der Waals surface area contributed by atoms with Gasteiger partial charge in [0.1, 0.15) is 0 Å². The molecule has 0 saturated heterocycles. The molecule has 1 amide bonds. The summed E-state index contributed by atoms with van der Waals surface area (Å²) < 4.78 is 0. The Balaban J connectivity index is 1.56. The number of benzene rings is 2. The van der Waals surface area contributed by atoms with Gasteiger partial charge in [0, 0.05) is 11.7 Å². The Bertz CT molecular complexity index is 631. The first-order valence-corrected chi connectivity index (χ1v) is 7.94. The molecule has 3 heteroatoms. The first-order valence-electron chi connectivity index (χ1n) is 7.94. The normalized spacial score (nSPS) is 21.3. The number of hydrogen-bond donors (Lipinski definition) is 2. The minimum absolute atomic E-state index is 0.0544. The molecule has 22 heavy (non-hydrogen) atoms. The van der Waals surface area contributed by atoms with Gasteiger partial charge in [0.25, 0.3) is 5.91 Å². The molecule has 0 spiro atoms. The van der Waals surface area contributed by atoms with E-state index >= 15 is 0 Å². The van der Waals surface area contributed by atoms with E-state index in [1.807, 2.05) is 12.1 Å². The standard InChI is InChI=1S/C19H22N2O/c20-18-9-5-4-8-17(18)19(22)21-16-12-10-15(11-13-16)14-6-2-1-3-7-14/h1-9,15-16H,10-13,20H2,(H,21,22). The van der Waals surface area contributed by atoms with Crippen LogP contribution in [0.15, 0.2) is 54.6 Å². The highest BCUT2D eigenvalue weighted by Crippen LogP contribution is 2.32. The molecule has 1 aliphatic carbocycles. The molecule has 0 aromatic heterocycles. The van der Waals surface area contributed by atoms with Crippen molar-refractivity contribution in [1.82, 2.24) is 5.32 Å². The van der Waals surface area contributed by atoms with Crippen molar-refractivity contribution in [2.75, 3.05) is 5.73 Å². The van der Waals surface area contributed by atoms with Gasteiger partial charge in [0.05, 0.1) is 5.56 Å². The Hall–Kier alpha value is -2.29. The third-order valence-corrected chi connectivity index (χ3v) is 4.54. The van der Waals surface area contributed by atoms with E-state index in [2.05, 4.69) is 35.6 Å². The molecular weight excluding hydrogens is 272 g/mol. The highest BCUT2D eigenvalue weighted by atomic mass is 16.1. The molecule has 0 unspecified atom stereocenters. The number of para-hydroxylation sites is 1. The van der Waals surface area contributed by atoms with Crippen molar-refractivity contribution in [3.05, 3.63) is 65.7 Å². The maximum absolute atomic E-state index is 12.3. The molecule has 0 aliphatic heterocycles. The van der Waals surface area contributed by atoms with Crippen LogP contribution in [0.1, 0.15) is 47.5 Å². The van der Waals surface area contributed by atoms with Crippen LogP contribution >= 0.6 is 0 Å². The molecule has 3 rings (SSSR count). The van der Waals surface area contributed by atoms with E-state index in [1.54, 1.807) is 12.1 Å². The quantitative estimate of drug-likeness (QED) is 0.848. The maximum atomic E-state index is 12.3. The van der Waals surface area contributed by atoms with Crippen LogP contribution < -0.4 is 11.1 Å². The molecule has 0 heterocycles. The number of nitrogen functional groups attached to an aromatic ring is 1. The lowest BCUT2D eigenvalue weighted by Crippen LogP contribution is -2.37. The summed E-state index contributed by atoms with van der Waals surface area (Å²) in [6.45, 7) is 0. The minimum atomic E-state index is -0.0544. The Morgan fingerprint density at radius 3 is 2.23 bits per heavy atom. The third kappa shape index (κ3) is 3.30. The van der Waals surface area contributed by atoms with Crippen LogP contribution in [-0.2, 0) is 0 Å². The summed E-state index contributed by atoms with van der Waals surface area (Å²) in [6, 6.07) is 18.1. The van der Waals surface area contributed by atoms with Crippen LogP contribution in [0.5, 0.6) is 0 Å². The number of rotatable bonds is 3. The fourth-order valence-electron chi connectivity index (χ4n) is 3.26. The lowest BCUT2D eigenvalue weighted by atomic mass is 9.81. The van der Waals surface area contributed by atoms with E-state index in [1.165, 1.54) is 5.56 Å². The zero-order valence-corrected chi connectivity index (χ0v) is 12.7. The van der Waals surface area contributed by atoms with Gasteiger partial charge in [0.2, 0.25) is 0 Å². The van der Waals surface area contributed by atoms with Crippen molar-refractivity contribution in [2.24, 2.45) is 0 Å². The summed E-state index contributed by atoms with van der Waals surface area (Å²) in [7, 11) is 0. The van der Waals surface area contributed by atoms with Crippen LogP contribution in [0.3, 0.4) is 0 Å². The first kappa shape index (κ1) is 14.6. The third-order valence-electron chi connectivity index (χ3n) is 4.54. The molecule has 1 saturated carbocycles. The summed E-state index contributed by atoms with van der Waals surface area (Å²) in [5.41, 5.74) is 8.40. The van der Waals surface area contributed by atoms with Crippen molar-refractivity contribution in [3.8, 4) is 0 Å². The van der Waals surface area contributed by atoms with Gasteiger partial charge in [-0.2, -0.15) is 0 Å². The number of carbonyl (C=O) groups excluding carboxylic acids is 1. The molecule has 1 aliphatic rings. The number of hydrogen-bond acceptors (Lipinski definition) is 2. The minimum Gasteiger partial charge on any atom is -0.398 e. The average Bonchev–Trinajstić information content (AvgIpc) is 2.57. The number of nitrogens with two attached hydrogens (primary N) is 1. The van der Waals surface area contributed by atoms with Crippen LogP contribution in [0, 0.1) is 0 Å². The van der Waals surface area contributed by atoms with E-state index in [0.29, 0.717) is 17.2 Å². The van der Waals surface area contributed by atoms with Crippen molar-refractivity contribution in [1.29, 1.82) is 0 Å². The number of anilines is 1. The Kier molecular flexibility index (Phi) is 4.42. The zero-order valence-electron chi connectivity index (χ0n) is 12.7. The van der Waals surface area contributed by atoms with E-state index < -0.39 is 0 Å². The zero-order chi connectivity index (χ0) is 15.4. The van der Waals surface area contributed by atoms with Gasteiger partial charge < -0.3 is 11.1 Å². The molecule has 0 radical (unpaired) electrons.